The predicted octanol–water partition coefficient (Wildman–Crippen LogP) is 8.01. The molecule has 12 heteroatoms. The molecule has 1 aromatic heterocycles. The van der Waals surface area contributed by atoms with Crippen molar-refractivity contribution in [2.75, 3.05) is 37.8 Å². The molecule has 0 saturated carbocycles. The number of aromatic nitrogens is 3. The lowest BCUT2D eigenvalue weighted by atomic mass is 9.93. The van der Waals surface area contributed by atoms with Gasteiger partial charge in [0.05, 0.1) is 53.5 Å². The van der Waals surface area contributed by atoms with Gasteiger partial charge in [0.25, 0.3) is 0 Å². The van der Waals surface area contributed by atoms with Gasteiger partial charge in [-0.15, -0.1) is 5.10 Å². The number of carbonyl (C=O) groups excluding carboxylic acids is 2. The van der Waals surface area contributed by atoms with Gasteiger partial charge in [0.1, 0.15) is 11.9 Å². The molecule has 1 aliphatic heterocycles. The van der Waals surface area contributed by atoms with Crippen molar-refractivity contribution in [1.29, 1.82) is 0 Å². The van der Waals surface area contributed by atoms with Gasteiger partial charge in [-0.2, -0.15) is 0 Å². The van der Waals surface area contributed by atoms with Crippen LogP contribution in [-0.2, 0) is 35.9 Å². The van der Waals surface area contributed by atoms with Gasteiger partial charge in [-0.3, -0.25) is 14.9 Å². The van der Waals surface area contributed by atoms with E-state index in [0.29, 0.717) is 58.7 Å². The number of carbonyl (C=O) groups is 2. The van der Waals surface area contributed by atoms with Crippen LogP contribution in [0.1, 0.15) is 127 Å². The normalized spacial score (nSPS) is 14.3. The molecule has 4 rings (SSSR count). The average molecular weight is 805 g/mol. The summed E-state index contributed by atoms with van der Waals surface area (Å²) in [5.74, 6) is -0.137. The fourth-order valence-electron chi connectivity index (χ4n) is 6.87. The first-order valence-electron chi connectivity index (χ1n) is 21.0. The highest BCUT2D eigenvalue weighted by Crippen LogP contribution is 2.43. The lowest BCUT2D eigenvalue weighted by molar-refractivity contribution is -0.120. The highest BCUT2D eigenvalue weighted by Gasteiger charge is 2.34. The quantitative estimate of drug-likeness (QED) is 0.0914. The highest BCUT2D eigenvalue weighted by molar-refractivity contribution is 6.00. The molecule has 322 valence electrons. The second-order valence-corrected chi connectivity index (χ2v) is 19.5. The van der Waals surface area contributed by atoms with E-state index in [0.717, 1.165) is 40.2 Å². The number of ether oxygens (including phenoxy) is 3. The molecule has 0 radical (unpaired) electrons. The molecule has 1 unspecified atom stereocenters. The fourth-order valence-corrected chi connectivity index (χ4v) is 6.87. The Kier molecular flexibility index (Phi) is 15.9. The minimum atomic E-state index is -0.850. The van der Waals surface area contributed by atoms with Crippen LogP contribution in [-0.4, -0.2) is 87.9 Å². The van der Waals surface area contributed by atoms with E-state index in [9.17, 15) is 14.7 Å². The number of nitrogens with zero attached hydrogens (tertiary/aromatic N) is 4. The molecule has 3 N–H and O–H groups in total. The lowest BCUT2D eigenvalue weighted by Gasteiger charge is -2.33. The van der Waals surface area contributed by atoms with Crippen LogP contribution in [0.2, 0.25) is 0 Å². The van der Waals surface area contributed by atoms with Crippen molar-refractivity contribution < 1.29 is 28.9 Å². The summed E-state index contributed by atoms with van der Waals surface area (Å²) in [4.78, 5) is 27.4. The van der Waals surface area contributed by atoms with Crippen molar-refractivity contribution in [2.24, 2.45) is 5.41 Å². The number of benzene rings is 2. The molecule has 2 heterocycles. The highest BCUT2D eigenvalue weighted by atomic mass is 16.5. The third-order valence-corrected chi connectivity index (χ3v) is 10.7. The molecule has 0 bridgehead atoms. The maximum atomic E-state index is 14.2. The molecule has 0 fully saturated rings. The van der Waals surface area contributed by atoms with Gasteiger partial charge in [0, 0.05) is 44.2 Å². The molecule has 0 aliphatic carbocycles. The molecule has 2 amide bonds. The summed E-state index contributed by atoms with van der Waals surface area (Å²) in [5, 5.41) is 26.6. The summed E-state index contributed by atoms with van der Waals surface area (Å²) in [6.45, 7) is 27.8. The van der Waals surface area contributed by atoms with Crippen LogP contribution in [0.4, 0.5) is 5.69 Å². The van der Waals surface area contributed by atoms with Gasteiger partial charge in [-0.1, -0.05) is 68.4 Å². The van der Waals surface area contributed by atoms with E-state index in [-0.39, 0.29) is 35.7 Å². The number of amides is 2. The molecule has 1 aliphatic rings. The second kappa shape index (κ2) is 19.6. The summed E-state index contributed by atoms with van der Waals surface area (Å²) in [7, 11) is 0. The van der Waals surface area contributed by atoms with Crippen molar-refractivity contribution in [1.82, 2.24) is 25.6 Å². The molecule has 58 heavy (non-hydrogen) atoms. The van der Waals surface area contributed by atoms with Crippen LogP contribution >= 0.6 is 0 Å². The Morgan fingerprint density at radius 2 is 1.36 bits per heavy atom. The Hall–Kier alpha value is -3.68. The third kappa shape index (κ3) is 14.0. The third-order valence-electron chi connectivity index (χ3n) is 10.7. The number of fused-ring (bicyclic) bond motifs is 5. The van der Waals surface area contributed by atoms with Gasteiger partial charge in [-0.25, -0.2) is 4.68 Å². The van der Waals surface area contributed by atoms with Crippen LogP contribution < -0.4 is 15.5 Å². The Bertz CT molecular complexity index is 1810. The SMILES string of the molecule is CC(=O)NCCC(C)(C)OCCC(C)(C)n1nnc2c1-c1ccccc1N(C(=O)CCC(O)NCCC(C)(C)OCCC(C)(C)OCC(C)(C)C)Cc1ccccc1-2. The molecule has 0 saturated heterocycles. The molecule has 0 spiro atoms. The minimum Gasteiger partial charge on any atom is -0.379 e. The van der Waals surface area contributed by atoms with Gasteiger partial charge in [0.15, 0.2) is 0 Å². The van der Waals surface area contributed by atoms with Crippen molar-refractivity contribution in [3.8, 4) is 22.5 Å². The first-order valence-corrected chi connectivity index (χ1v) is 21.0. The first kappa shape index (κ1) is 47.0. The smallest absolute Gasteiger partial charge is 0.227 e. The van der Waals surface area contributed by atoms with Crippen LogP contribution in [0.5, 0.6) is 0 Å². The van der Waals surface area contributed by atoms with Gasteiger partial charge < -0.3 is 29.5 Å². The zero-order valence-corrected chi connectivity index (χ0v) is 37.5. The van der Waals surface area contributed by atoms with E-state index < -0.39 is 23.0 Å². The van der Waals surface area contributed by atoms with Gasteiger partial charge in [-0.05, 0) is 105 Å². The number of anilines is 1. The number of rotatable bonds is 21. The lowest BCUT2D eigenvalue weighted by Crippen LogP contribution is -2.38. The van der Waals surface area contributed by atoms with E-state index >= 15 is 0 Å². The number of aliphatic hydroxyl groups is 1. The van der Waals surface area contributed by atoms with Crippen LogP contribution in [0, 0.1) is 5.41 Å². The summed E-state index contributed by atoms with van der Waals surface area (Å²) in [6.07, 6.45) is 2.38. The van der Waals surface area contributed by atoms with Crippen LogP contribution in [0.3, 0.4) is 0 Å². The van der Waals surface area contributed by atoms with E-state index in [1.54, 1.807) is 0 Å². The van der Waals surface area contributed by atoms with Crippen LogP contribution in [0.25, 0.3) is 22.5 Å². The van der Waals surface area contributed by atoms with Crippen molar-refractivity contribution in [3.63, 3.8) is 0 Å². The predicted molar refractivity (Wildman–Crippen MR) is 231 cm³/mol. The number of nitrogens with one attached hydrogen (secondary N) is 2. The monoisotopic (exact) mass is 805 g/mol. The zero-order chi connectivity index (χ0) is 42.9. The van der Waals surface area contributed by atoms with Gasteiger partial charge >= 0.3 is 0 Å². The standard InChI is InChI=1S/C46H72N6O6/c1-33(53)47-27-23-44(7,8)56-29-25-43(5,6)52-41-36-19-15-16-20-37(36)51(31-34-17-13-14-18-35(34)40(41)49-50-52)39(55)22-21-38(54)48-28-24-45(9,10)57-30-26-46(11,12)58-32-42(2,3)4/h13-20,38,48,54H,21-32H2,1-12H3,(H,47,53). The number of hydrogen-bond donors (Lipinski definition) is 3. The number of para-hydroxylation sites is 1. The fraction of sp³-hybridized carbons (Fsp3) is 0.652. The van der Waals surface area contributed by atoms with Crippen LogP contribution in [0.15, 0.2) is 48.5 Å². The molecular weight excluding hydrogens is 733 g/mol. The van der Waals surface area contributed by atoms with Crippen molar-refractivity contribution >= 4 is 17.5 Å². The van der Waals surface area contributed by atoms with E-state index in [1.165, 1.54) is 6.92 Å². The second-order valence-electron chi connectivity index (χ2n) is 19.5. The maximum Gasteiger partial charge on any atom is 0.227 e. The summed E-state index contributed by atoms with van der Waals surface area (Å²) < 4.78 is 20.7. The Labute approximate surface area is 347 Å². The number of hydrogen-bond acceptors (Lipinski definition) is 9. The Morgan fingerprint density at radius 1 is 0.776 bits per heavy atom. The zero-order valence-electron chi connectivity index (χ0n) is 37.5. The van der Waals surface area contributed by atoms with Gasteiger partial charge in [0.2, 0.25) is 11.8 Å². The van der Waals surface area contributed by atoms with E-state index in [1.807, 2.05) is 72.0 Å². The summed E-state index contributed by atoms with van der Waals surface area (Å²) in [6, 6.07) is 16.0. The van der Waals surface area contributed by atoms with Crippen molar-refractivity contribution in [3.05, 3.63) is 54.1 Å². The maximum absolute atomic E-state index is 14.2. The molecular formula is C46H72N6O6. The average Bonchev–Trinajstić information content (AvgIpc) is 3.56. The topological polar surface area (TPSA) is 140 Å². The molecule has 1 atom stereocenters. The first-order chi connectivity index (χ1) is 27.0. The Morgan fingerprint density at radius 3 is 2.02 bits per heavy atom. The molecule has 2 aromatic carbocycles. The summed E-state index contributed by atoms with van der Waals surface area (Å²) >= 11 is 0. The molecule has 12 nitrogen and oxygen atoms in total. The van der Waals surface area contributed by atoms with E-state index in [2.05, 4.69) is 72.9 Å². The van der Waals surface area contributed by atoms with E-state index in [4.69, 9.17) is 24.5 Å². The largest absolute Gasteiger partial charge is 0.379 e. The minimum absolute atomic E-state index is 0.0537. The Balaban J connectivity index is 1.43. The number of aliphatic hydroxyl groups excluding tert-OH is 1. The summed E-state index contributed by atoms with van der Waals surface area (Å²) in [5.41, 5.74) is 3.64. The van der Waals surface area contributed by atoms with Crippen molar-refractivity contribution in [2.45, 2.75) is 157 Å². The molecule has 3 aromatic rings.